The van der Waals surface area contributed by atoms with Gasteiger partial charge in [0.15, 0.2) is 5.78 Å². The first-order chi connectivity index (χ1) is 17.2. The monoisotopic (exact) mass is 530 g/mol. The smallest absolute Gasteiger partial charge is 0.194 e. The van der Waals surface area contributed by atoms with Crippen molar-refractivity contribution < 1.29 is 19.4 Å². The quantitative estimate of drug-likeness (QED) is 0.330. The summed E-state index contributed by atoms with van der Waals surface area (Å²) in [5, 5.41) is 19.8. The van der Waals surface area contributed by atoms with Gasteiger partial charge in [-0.15, -0.1) is 0 Å². The van der Waals surface area contributed by atoms with Crippen molar-refractivity contribution >= 4 is 39.8 Å². The number of halogens is 2. The van der Waals surface area contributed by atoms with E-state index in [1.165, 1.54) is 16.3 Å². The molecule has 6 nitrogen and oxygen atoms in total. The summed E-state index contributed by atoms with van der Waals surface area (Å²) in [6.07, 6.45) is -0.550. The van der Waals surface area contributed by atoms with E-state index in [-0.39, 0.29) is 28.0 Å². The number of benzene rings is 3. The van der Waals surface area contributed by atoms with Crippen molar-refractivity contribution in [2.45, 2.75) is 38.0 Å². The van der Waals surface area contributed by atoms with Crippen LogP contribution < -0.4 is 15.4 Å². The maximum absolute atomic E-state index is 12.7. The largest absolute Gasteiger partial charge is 0.489 e. The van der Waals surface area contributed by atoms with Crippen LogP contribution in [0.4, 0.5) is 0 Å². The van der Waals surface area contributed by atoms with Gasteiger partial charge in [0.25, 0.3) is 0 Å². The fourth-order valence-electron chi connectivity index (χ4n) is 4.30. The van der Waals surface area contributed by atoms with Crippen molar-refractivity contribution in [3.63, 3.8) is 0 Å². The second-order valence-electron chi connectivity index (χ2n) is 9.75. The van der Waals surface area contributed by atoms with Gasteiger partial charge in [-0.2, -0.15) is 0 Å². The highest BCUT2D eigenvalue weighted by molar-refractivity contribution is 6.45. The Labute approximate surface area is 221 Å². The molecule has 1 heterocycles. The van der Waals surface area contributed by atoms with E-state index < -0.39 is 12.2 Å². The summed E-state index contributed by atoms with van der Waals surface area (Å²) in [5.74, 6) is 0.0916. The molecular weight excluding hydrogens is 499 g/mol. The van der Waals surface area contributed by atoms with E-state index in [4.69, 9.17) is 32.7 Å². The number of nitrogens with one attached hydrogen (secondary N) is 2. The number of rotatable bonds is 10. The van der Waals surface area contributed by atoms with Crippen LogP contribution in [0.3, 0.4) is 0 Å². The number of carbonyl (C=O) groups is 1. The maximum Gasteiger partial charge on any atom is 0.194 e. The third-order valence-corrected chi connectivity index (χ3v) is 7.10. The number of hydrogen-bond acceptors (Lipinski definition) is 6. The van der Waals surface area contributed by atoms with E-state index in [2.05, 4.69) is 54.8 Å². The fraction of sp³-hybridized carbons (Fsp3) is 0.393. The maximum atomic E-state index is 12.7. The van der Waals surface area contributed by atoms with Crippen LogP contribution in [-0.2, 0) is 11.2 Å². The molecule has 0 radical (unpaired) electrons. The SMILES string of the molecule is CC(C)(Cc1ccc2ccccc2c1)NC[C@@H](O)COc1ccc(C(=O)C2CNCCO2)c(Cl)c1Cl. The molecule has 4 rings (SSSR count). The van der Waals surface area contributed by atoms with E-state index in [1.54, 1.807) is 12.1 Å². The molecule has 0 spiro atoms. The molecule has 3 aromatic rings. The first-order valence-corrected chi connectivity index (χ1v) is 12.9. The Morgan fingerprint density at radius 3 is 2.69 bits per heavy atom. The summed E-state index contributed by atoms with van der Waals surface area (Å²) < 4.78 is 11.3. The number of ketones is 1. The Morgan fingerprint density at radius 1 is 1.17 bits per heavy atom. The Hall–Kier alpha value is -2.19. The van der Waals surface area contributed by atoms with E-state index in [0.717, 1.165) is 6.42 Å². The molecule has 0 aliphatic carbocycles. The Morgan fingerprint density at radius 2 is 1.94 bits per heavy atom. The minimum absolute atomic E-state index is 0.0258. The number of Topliss-reactive ketones (excluding diaryl/α,β-unsaturated/α-hetero) is 1. The lowest BCUT2D eigenvalue weighted by molar-refractivity contribution is 0.0269. The summed E-state index contributed by atoms with van der Waals surface area (Å²) in [4.78, 5) is 12.7. The van der Waals surface area contributed by atoms with Gasteiger partial charge in [-0.3, -0.25) is 4.79 Å². The van der Waals surface area contributed by atoms with Gasteiger partial charge in [-0.05, 0) is 48.7 Å². The number of morpholine rings is 1. The fourth-order valence-corrected chi connectivity index (χ4v) is 4.77. The molecule has 192 valence electrons. The lowest BCUT2D eigenvalue weighted by atomic mass is 9.93. The van der Waals surface area contributed by atoms with Gasteiger partial charge < -0.3 is 25.2 Å². The van der Waals surface area contributed by atoms with Crippen molar-refractivity contribution in [2.75, 3.05) is 32.8 Å². The standard InChI is InChI=1S/C28H32Cl2N2O4/c1-28(2,14-18-7-8-19-5-3-4-6-20(19)13-18)32-15-21(33)17-36-23-10-9-22(25(29)26(23)30)27(34)24-16-31-11-12-35-24/h3-10,13,21,24,31-33H,11-12,14-17H2,1-2H3/t21-,24?/m1/s1. The molecule has 8 heteroatoms. The van der Waals surface area contributed by atoms with Crippen molar-refractivity contribution in [1.29, 1.82) is 0 Å². The van der Waals surface area contributed by atoms with Crippen molar-refractivity contribution in [1.82, 2.24) is 10.6 Å². The second kappa shape index (κ2) is 11.9. The van der Waals surface area contributed by atoms with Gasteiger partial charge in [0.05, 0.1) is 11.6 Å². The van der Waals surface area contributed by atoms with E-state index in [9.17, 15) is 9.90 Å². The Kier molecular flexibility index (Phi) is 8.88. The number of aliphatic hydroxyl groups excluding tert-OH is 1. The van der Waals surface area contributed by atoms with Crippen LogP contribution in [0.5, 0.6) is 5.75 Å². The zero-order valence-electron chi connectivity index (χ0n) is 20.5. The van der Waals surface area contributed by atoms with Crippen LogP contribution >= 0.6 is 23.2 Å². The molecule has 1 aliphatic heterocycles. The first kappa shape index (κ1) is 26.9. The summed E-state index contributed by atoms with van der Waals surface area (Å²) in [5.41, 5.74) is 1.28. The van der Waals surface area contributed by atoms with E-state index >= 15 is 0 Å². The molecule has 1 saturated heterocycles. The van der Waals surface area contributed by atoms with E-state index in [1.807, 2.05) is 12.1 Å². The lowest BCUT2D eigenvalue weighted by Gasteiger charge is -2.28. The van der Waals surface area contributed by atoms with Crippen LogP contribution in [0, 0.1) is 0 Å². The molecular formula is C28H32Cl2N2O4. The zero-order chi connectivity index (χ0) is 25.7. The molecule has 0 aromatic heterocycles. The molecule has 1 fully saturated rings. The van der Waals surface area contributed by atoms with Crippen molar-refractivity contribution in [2.24, 2.45) is 0 Å². The molecule has 1 unspecified atom stereocenters. The zero-order valence-corrected chi connectivity index (χ0v) is 22.0. The second-order valence-corrected chi connectivity index (χ2v) is 10.5. The van der Waals surface area contributed by atoms with Crippen LogP contribution in [0.25, 0.3) is 10.8 Å². The van der Waals surface area contributed by atoms with Gasteiger partial charge in [0.2, 0.25) is 0 Å². The minimum Gasteiger partial charge on any atom is -0.489 e. The molecule has 3 N–H and O–H groups in total. The van der Waals surface area contributed by atoms with Gasteiger partial charge in [0, 0.05) is 30.7 Å². The predicted octanol–water partition coefficient (Wildman–Crippen LogP) is 4.67. The van der Waals surface area contributed by atoms with E-state index in [0.29, 0.717) is 37.6 Å². The average molecular weight is 531 g/mol. The number of fused-ring (bicyclic) bond motifs is 1. The Balaban J connectivity index is 1.29. The van der Waals surface area contributed by atoms with Gasteiger partial charge >= 0.3 is 0 Å². The van der Waals surface area contributed by atoms with Crippen molar-refractivity contribution in [3.8, 4) is 5.75 Å². The lowest BCUT2D eigenvalue weighted by Crippen LogP contribution is -2.46. The summed E-state index contributed by atoms with van der Waals surface area (Å²) >= 11 is 12.8. The average Bonchev–Trinajstić information content (AvgIpc) is 2.88. The number of carbonyl (C=O) groups excluding carboxylic acids is 1. The molecule has 36 heavy (non-hydrogen) atoms. The summed E-state index contributed by atoms with van der Waals surface area (Å²) in [7, 11) is 0. The van der Waals surface area contributed by atoms with Crippen LogP contribution in [0.2, 0.25) is 10.0 Å². The molecule has 0 bridgehead atoms. The summed E-state index contributed by atoms with van der Waals surface area (Å²) in [6.45, 7) is 6.19. The highest BCUT2D eigenvalue weighted by Crippen LogP contribution is 2.35. The van der Waals surface area contributed by atoms with Crippen LogP contribution in [-0.4, -0.2) is 61.5 Å². The molecule has 2 atom stereocenters. The first-order valence-electron chi connectivity index (χ1n) is 12.1. The number of aliphatic hydroxyl groups is 1. The minimum atomic E-state index is -0.765. The van der Waals surface area contributed by atoms with Gasteiger partial charge in [-0.25, -0.2) is 0 Å². The van der Waals surface area contributed by atoms with Crippen molar-refractivity contribution in [3.05, 3.63) is 75.8 Å². The highest BCUT2D eigenvalue weighted by atomic mass is 35.5. The van der Waals surface area contributed by atoms with Gasteiger partial charge in [-0.1, -0.05) is 65.7 Å². The molecule has 0 amide bonds. The normalized spacial score (nSPS) is 17.2. The van der Waals surface area contributed by atoms with Crippen LogP contribution in [0.1, 0.15) is 29.8 Å². The number of β-amino-alcohol motifs (C(OH)–C–C–N with tert-alkyl or cyclic N) is 1. The topological polar surface area (TPSA) is 79.8 Å². The molecule has 3 aromatic carbocycles. The molecule has 1 aliphatic rings. The number of hydrogen-bond donors (Lipinski definition) is 3. The van der Waals surface area contributed by atoms with Gasteiger partial charge in [0.1, 0.15) is 29.6 Å². The molecule has 0 saturated carbocycles. The highest BCUT2D eigenvalue weighted by Gasteiger charge is 2.27. The predicted molar refractivity (Wildman–Crippen MR) is 145 cm³/mol. The third kappa shape index (κ3) is 6.76. The third-order valence-electron chi connectivity index (χ3n) is 6.24. The number of ether oxygens (including phenoxy) is 2. The van der Waals surface area contributed by atoms with Crippen LogP contribution in [0.15, 0.2) is 54.6 Å². The Bertz CT molecular complexity index is 1210. The summed E-state index contributed by atoms with van der Waals surface area (Å²) in [6, 6.07) is 18.0.